The molecule has 1 N–H and O–H groups in total. The molecule has 0 aliphatic rings. The molecular weight excluding hydrogens is 291 g/mol. The van der Waals surface area contributed by atoms with Crippen LogP contribution in [0.15, 0.2) is 39.6 Å². The minimum atomic E-state index is -0.923. The highest BCUT2D eigenvalue weighted by molar-refractivity contribution is 6.08. The van der Waals surface area contributed by atoms with Gasteiger partial charge < -0.3 is 14.3 Å². The monoisotopic (exact) mass is 304 g/mol. The van der Waals surface area contributed by atoms with Crippen molar-refractivity contribution in [2.45, 2.75) is 6.92 Å². The molecule has 0 amide bonds. The zero-order valence-corrected chi connectivity index (χ0v) is 11.9. The second-order valence-corrected chi connectivity index (χ2v) is 4.50. The summed E-state index contributed by atoms with van der Waals surface area (Å²) in [5, 5.41) is 9.66. The molecule has 0 saturated carbocycles. The van der Waals surface area contributed by atoms with Gasteiger partial charge in [0.05, 0.1) is 7.11 Å². The number of rotatable bonds is 4. The largest absolute Gasteiger partial charge is 0.507 e. The van der Waals surface area contributed by atoms with Crippen molar-refractivity contribution in [1.82, 2.24) is 0 Å². The van der Waals surface area contributed by atoms with E-state index in [0.29, 0.717) is 5.56 Å². The summed E-state index contributed by atoms with van der Waals surface area (Å²) in [4.78, 5) is 23.5. The molecule has 0 fully saturated rings. The van der Waals surface area contributed by atoms with Crippen LogP contribution in [0.5, 0.6) is 11.5 Å². The summed E-state index contributed by atoms with van der Waals surface area (Å²) in [6.07, 6.45) is 2.38. The lowest BCUT2D eigenvalue weighted by Crippen LogP contribution is -2.12. The molecule has 0 saturated heterocycles. The predicted octanol–water partition coefficient (Wildman–Crippen LogP) is 2.70. The maximum Gasteiger partial charge on any atom is 0.351 e. The summed E-state index contributed by atoms with van der Waals surface area (Å²) >= 11 is 0. The van der Waals surface area contributed by atoms with E-state index in [1.807, 2.05) is 0 Å². The van der Waals surface area contributed by atoms with Crippen LogP contribution in [0.4, 0.5) is 4.39 Å². The van der Waals surface area contributed by atoms with Crippen LogP contribution in [0.3, 0.4) is 0 Å². The topological polar surface area (TPSA) is 76.7 Å². The first-order valence-corrected chi connectivity index (χ1v) is 6.32. The fourth-order valence-electron chi connectivity index (χ4n) is 1.86. The molecule has 0 aliphatic heterocycles. The quantitative estimate of drug-likeness (QED) is 0.694. The van der Waals surface area contributed by atoms with Crippen LogP contribution in [0.1, 0.15) is 21.7 Å². The summed E-state index contributed by atoms with van der Waals surface area (Å²) in [5.41, 5.74) is -0.980. The van der Waals surface area contributed by atoms with E-state index in [4.69, 9.17) is 9.15 Å². The first-order valence-electron chi connectivity index (χ1n) is 6.32. The van der Waals surface area contributed by atoms with Gasteiger partial charge in [0.1, 0.15) is 17.1 Å². The van der Waals surface area contributed by atoms with Gasteiger partial charge in [-0.3, -0.25) is 4.79 Å². The van der Waals surface area contributed by atoms with E-state index in [-0.39, 0.29) is 11.5 Å². The van der Waals surface area contributed by atoms with E-state index >= 15 is 0 Å². The molecule has 1 aromatic carbocycles. The summed E-state index contributed by atoms with van der Waals surface area (Å²) in [5.74, 6) is -1.48. The molecule has 2 rings (SSSR count). The maximum absolute atomic E-state index is 13.5. The Morgan fingerprint density at radius 2 is 2.09 bits per heavy atom. The number of aryl methyl sites for hydroxylation is 1. The number of carbonyl (C=O) groups is 1. The Balaban J connectivity index is 2.29. The normalized spacial score (nSPS) is 10.9. The lowest BCUT2D eigenvalue weighted by molar-refractivity contribution is 0.104. The fraction of sp³-hybridized carbons (Fsp3) is 0.125. The van der Waals surface area contributed by atoms with Crippen molar-refractivity contribution >= 4 is 11.9 Å². The van der Waals surface area contributed by atoms with Gasteiger partial charge in [0, 0.05) is 6.07 Å². The number of ketones is 1. The van der Waals surface area contributed by atoms with Crippen molar-refractivity contribution in [1.29, 1.82) is 0 Å². The average Bonchev–Trinajstić information content (AvgIpc) is 2.44. The van der Waals surface area contributed by atoms with Crippen LogP contribution < -0.4 is 10.4 Å². The van der Waals surface area contributed by atoms with Gasteiger partial charge in [-0.25, -0.2) is 9.18 Å². The highest BCUT2D eigenvalue weighted by Crippen LogP contribution is 2.19. The second kappa shape index (κ2) is 6.26. The lowest BCUT2D eigenvalue weighted by Gasteiger charge is -2.02. The highest BCUT2D eigenvalue weighted by atomic mass is 19.1. The van der Waals surface area contributed by atoms with Crippen molar-refractivity contribution in [3.63, 3.8) is 0 Å². The number of benzene rings is 1. The summed E-state index contributed by atoms with van der Waals surface area (Å²) in [6, 6.07) is 5.32. The molecule has 0 aliphatic carbocycles. The number of aromatic hydroxyl groups is 1. The summed E-state index contributed by atoms with van der Waals surface area (Å²) in [6.45, 7) is 1.48. The molecule has 0 bridgehead atoms. The minimum Gasteiger partial charge on any atom is -0.507 e. The van der Waals surface area contributed by atoms with Gasteiger partial charge in [-0.05, 0) is 30.7 Å². The van der Waals surface area contributed by atoms with Crippen LogP contribution in [-0.2, 0) is 0 Å². The molecule has 2 aromatic rings. The standard InChI is InChI=1S/C16H13FO5/c1-9-7-13(19)15(16(20)22-9)12(18)5-3-10-4-6-14(21-2)11(17)8-10/h3-8,19H,1-2H3/b5-3+. The number of methoxy groups -OCH3 is 1. The van der Waals surface area contributed by atoms with Crippen molar-refractivity contribution < 1.29 is 23.4 Å². The van der Waals surface area contributed by atoms with E-state index < -0.39 is 28.5 Å². The Bertz CT molecular complexity index is 805. The van der Waals surface area contributed by atoms with Gasteiger partial charge in [0.2, 0.25) is 0 Å². The Labute approximate surface area is 125 Å². The Morgan fingerprint density at radius 1 is 1.36 bits per heavy atom. The molecule has 1 aromatic heterocycles. The van der Waals surface area contributed by atoms with Gasteiger partial charge in [0.25, 0.3) is 0 Å². The molecule has 5 nitrogen and oxygen atoms in total. The van der Waals surface area contributed by atoms with Crippen molar-refractivity contribution in [2.24, 2.45) is 0 Å². The highest BCUT2D eigenvalue weighted by Gasteiger charge is 2.15. The third-order valence-corrected chi connectivity index (χ3v) is 2.90. The SMILES string of the molecule is COc1ccc(/C=C/C(=O)c2c(O)cc(C)oc2=O)cc1F. The van der Waals surface area contributed by atoms with Gasteiger partial charge in [-0.1, -0.05) is 12.1 Å². The van der Waals surface area contributed by atoms with E-state index in [1.165, 1.54) is 38.3 Å². The number of allylic oxidation sites excluding steroid dienone is 1. The zero-order valence-electron chi connectivity index (χ0n) is 11.9. The number of carbonyl (C=O) groups excluding carboxylic acids is 1. The van der Waals surface area contributed by atoms with E-state index in [2.05, 4.69) is 0 Å². The Kier molecular flexibility index (Phi) is 4.41. The zero-order chi connectivity index (χ0) is 16.3. The van der Waals surface area contributed by atoms with Crippen LogP contribution >= 0.6 is 0 Å². The number of halogens is 1. The Morgan fingerprint density at radius 3 is 2.68 bits per heavy atom. The van der Waals surface area contributed by atoms with Crippen LogP contribution in [-0.4, -0.2) is 18.0 Å². The van der Waals surface area contributed by atoms with E-state index in [9.17, 15) is 19.1 Å². The predicted molar refractivity (Wildman–Crippen MR) is 77.7 cm³/mol. The number of hydrogen-bond acceptors (Lipinski definition) is 5. The summed E-state index contributed by atoms with van der Waals surface area (Å²) in [7, 11) is 1.34. The number of ether oxygens (including phenoxy) is 1. The average molecular weight is 304 g/mol. The second-order valence-electron chi connectivity index (χ2n) is 4.50. The molecular formula is C16H13FO5. The first kappa shape index (κ1) is 15.5. The number of hydrogen-bond donors (Lipinski definition) is 1. The smallest absolute Gasteiger partial charge is 0.351 e. The van der Waals surface area contributed by atoms with Gasteiger partial charge in [0.15, 0.2) is 17.3 Å². The van der Waals surface area contributed by atoms with Gasteiger partial charge in [-0.2, -0.15) is 0 Å². The molecule has 0 spiro atoms. The van der Waals surface area contributed by atoms with Crippen molar-refractivity contribution in [3.05, 3.63) is 63.5 Å². The lowest BCUT2D eigenvalue weighted by atomic mass is 10.1. The minimum absolute atomic E-state index is 0.0836. The molecule has 0 unspecified atom stereocenters. The molecule has 0 atom stereocenters. The van der Waals surface area contributed by atoms with Crippen molar-refractivity contribution in [3.8, 4) is 11.5 Å². The molecule has 0 radical (unpaired) electrons. The van der Waals surface area contributed by atoms with Gasteiger partial charge >= 0.3 is 5.63 Å². The van der Waals surface area contributed by atoms with Crippen molar-refractivity contribution in [2.75, 3.05) is 7.11 Å². The fourth-order valence-corrected chi connectivity index (χ4v) is 1.86. The third-order valence-electron chi connectivity index (χ3n) is 2.90. The first-order chi connectivity index (χ1) is 10.4. The Hall–Kier alpha value is -2.89. The third kappa shape index (κ3) is 3.22. The van der Waals surface area contributed by atoms with E-state index in [0.717, 1.165) is 6.08 Å². The van der Waals surface area contributed by atoms with Crippen LogP contribution in [0, 0.1) is 12.7 Å². The summed E-state index contributed by atoms with van der Waals surface area (Å²) < 4.78 is 23.1. The molecule has 1 heterocycles. The molecule has 6 heteroatoms. The van der Waals surface area contributed by atoms with Crippen LogP contribution in [0.2, 0.25) is 0 Å². The van der Waals surface area contributed by atoms with Crippen LogP contribution in [0.25, 0.3) is 6.08 Å². The maximum atomic E-state index is 13.5. The van der Waals surface area contributed by atoms with E-state index in [1.54, 1.807) is 6.07 Å². The molecule has 22 heavy (non-hydrogen) atoms. The molecule has 114 valence electrons. The van der Waals surface area contributed by atoms with Gasteiger partial charge in [-0.15, -0.1) is 0 Å².